The number of benzene rings is 1. The summed E-state index contributed by atoms with van der Waals surface area (Å²) in [5.41, 5.74) is 9.73. The molecule has 1 aromatic heterocycles. The van der Waals surface area contributed by atoms with Crippen molar-refractivity contribution in [2.75, 3.05) is 13.1 Å². The summed E-state index contributed by atoms with van der Waals surface area (Å²) in [6.07, 6.45) is 1.84. The summed E-state index contributed by atoms with van der Waals surface area (Å²) >= 11 is 0. The monoisotopic (exact) mass is 269 g/mol. The van der Waals surface area contributed by atoms with Crippen LogP contribution in [0.2, 0.25) is 0 Å². The van der Waals surface area contributed by atoms with Gasteiger partial charge in [-0.05, 0) is 36.7 Å². The molecule has 3 heteroatoms. The Morgan fingerprint density at radius 3 is 2.50 bits per heavy atom. The number of pyridine rings is 1. The van der Waals surface area contributed by atoms with Gasteiger partial charge < -0.3 is 5.73 Å². The number of nitrogens with zero attached hydrogens (tertiary/aromatic N) is 2. The zero-order chi connectivity index (χ0) is 14.4. The molecule has 0 aliphatic carbocycles. The maximum Gasteiger partial charge on any atom is 0.0544 e. The lowest BCUT2D eigenvalue weighted by Gasteiger charge is -2.31. The number of aromatic nitrogens is 1. The van der Waals surface area contributed by atoms with Crippen LogP contribution in [0.1, 0.15) is 29.8 Å². The summed E-state index contributed by atoms with van der Waals surface area (Å²) in [5.74, 6) is 0. The SMILES string of the molecule is CCN(Cc1ccccn1)C(CN)c1ccccc1C. The zero-order valence-electron chi connectivity index (χ0n) is 12.3. The van der Waals surface area contributed by atoms with E-state index in [1.54, 1.807) is 0 Å². The van der Waals surface area contributed by atoms with Crippen molar-refractivity contribution < 1.29 is 0 Å². The first-order valence-corrected chi connectivity index (χ1v) is 7.15. The highest BCUT2D eigenvalue weighted by Gasteiger charge is 2.19. The number of aryl methyl sites for hydroxylation is 1. The van der Waals surface area contributed by atoms with Crippen LogP contribution >= 0.6 is 0 Å². The number of hydrogen-bond donors (Lipinski definition) is 1. The van der Waals surface area contributed by atoms with Crippen molar-refractivity contribution >= 4 is 0 Å². The zero-order valence-corrected chi connectivity index (χ0v) is 12.3. The van der Waals surface area contributed by atoms with Crippen LogP contribution in [0.25, 0.3) is 0 Å². The minimum atomic E-state index is 0.239. The smallest absolute Gasteiger partial charge is 0.0544 e. The van der Waals surface area contributed by atoms with Gasteiger partial charge in [-0.3, -0.25) is 9.88 Å². The van der Waals surface area contributed by atoms with E-state index < -0.39 is 0 Å². The van der Waals surface area contributed by atoms with Crippen molar-refractivity contribution in [3.8, 4) is 0 Å². The topological polar surface area (TPSA) is 42.2 Å². The standard InChI is InChI=1S/C17H23N3/c1-3-20(13-15-9-6-7-11-19-15)17(12-18)16-10-5-4-8-14(16)2/h4-11,17H,3,12-13,18H2,1-2H3. The minimum Gasteiger partial charge on any atom is -0.329 e. The first-order valence-electron chi connectivity index (χ1n) is 7.15. The second-order valence-corrected chi connectivity index (χ2v) is 4.99. The molecule has 0 saturated heterocycles. The maximum atomic E-state index is 6.04. The van der Waals surface area contributed by atoms with Crippen molar-refractivity contribution in [1.82, 2.24) is 9.88 Å². The lowest BCUT2D eigenvalue weighted by molar-refractivity contribution is 0.200. The Kier molecular flexibility index (Phi) is 5.27. The van der Waals surface area contributed by atoms with E-state index in [9.17, 15) is 0 Å². The van der Waals surface area contributed by atoms with Gasteiger partial charge in [-0.2, -0.15) is 0 Å². The molecule has 3 nitrogen and oxygen atoms in total. The van der Waals surface area contributed by atoms with Gasteiger partial charge in [0.15, 0.2) is 0 Å². The van der Waals surface area contributed by atoms with E-state index in [0.29, 0.717) is 6.54 Å². The molecule has 2 N–H and O–H groups in total. The Hall–Kier alpha value is -1.71. The summed E-state index contributed by atoms with van der Waals surface area (Å²) in [6.45, 7) is 6.71. The number of likely N-dealkylation sites (N-methyl/N-ethyl adjacent to an activating group) is 1. The molecular formula is C17H23N3. The van der Waals surface area contributed by atoms with Crippen molar-refractivity contribution in [2.45, 2.75) is 26.4 Å². The van der Waals surface area contributed by atoms with Crippen LogP contribution in [0.15, 0.2) is 48.7 Å². The molecule has 0 bridgehead atoms. The molecule has 0 amide bonds. The third-order valence-corrected chi connectivity index (χ3v) is 3.71. The highest BCUT2D eigenvalue weighted by molar-refractivity contribution is 5.29. The Labute approximate surface area is 121 Å². The van der Waals surface area contributed by atoms with Crippen LogP contribution in [-0.4, -0.2) is 23.0 Å². The predicted octanol–water partition coefficient (Wildman–Crippen LogP) is 2.91. The van der Waals surface area contributed by atoms with Crippen LogP contribution in [0, 0.1) is 6.92 Å². The molecule has 0 fully saturated rings. The van der Waals surface area contributed by atoms with Gasteiger partial charge in [-0.1, -0.05) is 37.3 Å². The van der Waals surface area contributed by atoms with Crippen molar-refractivity contribution in [3.63, 3.8) is 0 Å². The van der Waals surface area contributed by atoms with Crippen LogP contribution < -0.4 is 5.73 Å². The number of rotatable bonds is 6. The second-order valence-electron chi connectivity index (χ2n) is 4.99. The number of hydrogen-bond acceptors (Lipinski definition) is 3. The van der Waals surface area contributed by atoms with Crippen LogP contribution in [0.5, 0.6) is 0 Å². The first kappa shape index (κ1) is 14.7. The normalized spacial score (nSPS) is 12.6. The molecule has 1 aromatic carbocycles. The Morgan fingerprint density at radius 1 is 1.15 bits per heavy atom. The molecule has 106 valence electrons. The van der Waals surface area contributed by atoms with E-state index in [0.717, 1.165) is 18.8 Å². The van der Waals surface area contributed by atoms with E-state index in [4.69, 9.17) is 5.73 Å². The molecule has 1 atom stereocenters. The van der Waals surface area contributed by atoms with Gasteiger partial charge in [0.05, 0.1) is 5.69 Å². The molecule has 0 radical (unpaired) electrons. The highest BCUT2D eigenvalue weighted by atomic mass is 15.2. The van der Waals surface area contributed by atoms with Gasteiger partial charge in [0.2, 0.25) is 0 Å². The molecule has 1 heterocycles. The molecule has 2 aromatic rings. The third-order valence-electron chi connectivity index (χ3n) is 3.71. The highest BCUT2D eigenvalue weighted by Crippen LogP contribution is 2.24. The van der Waals surface area contributed by atoms with Crippen molar-refractivity contribution in [2.24, 2.45) is 5.73 Å². The first-order chi connectivity index (χ1) is 9.76. The summed E-state index contributed by atoms with van der Waals surface area (Å²) in [5, 5.41) is 0. The molecule has 0 aliphatic heterocycles. The second kappa shape index (κ2) is 7.17. The van der Waals surface area contributed by atoms with Gasteiger partial charge >= 0.3 is 0 Å². The molecule has 20 heavy (non-hydrogen) atoms. The van der Waals surface area contributed by atoms with E-state index in [-0.39, 0.29) is 6.04 Å². The minimum absolute atomic E-state index is 0.239. The summed E-state index contributed by atoms with van der Waals surface area (Å²) in [7, 11) is 0. The Morgan fingerprint density at radius 2 is 1.90 bits per heavy atom. The van der Waals surface area contributed by atoms with Crippen molar-refractivity contribution in [1.29, 1.82) is 0 Å². The fraction of sp³-hybridized carbons (Fsp3) is 0.353. The van der Waals surface area contributed by atoms with Crippen LogP contribution in [-0.2, 0) is 6.54 Å². The van der Waals surface area contributed by atoms with Gasteiger partial charge in [-0.25, -0.2) is 0 Å². The Balaban J connectivity index is 2.22. The maximum absolute atomic E-state index is 6.04. The van der Waals surface area contributed by atoms with E-state index in [1.807, 2.05) is 18.3 Å². The molecule has 0 spiro atoms. The Bertz CT molecular complexity index is 525. The lowest BCUT2D eigenvalue weighted by atomic mass is 9.99. The van der Waals surface area contributed by atoms with E-state index >= 15 is 0 Å². The fourth-order valence-corrected chi connectivity index (χ4v) is 2.58. The van der Waals surface area contributed by atoms with E-state index in [2.05, 4.69) is 54.1 Å². The molecular weight excluding hydrogens is 246 g/mol. The average molecular weight is 269 g/mol. The van der Waals surface area contributed by atoms with Gasteiger partial charge in [0.25, 0.3) is 0 Å². The fourth-order valence-electron chi connectivity index (χ4n) is 2.58. The van der Waals surface area contributed by atoms with Crippen LogP contribution in [0.3, 0.4) is 0 Å². The third kappa shape index (κ3) is 3.44. The quantitative estimate of drug-likeness (QED) is 0.876. The molecule has 0 aliphatic rings. The van der Waals surface area contributed by atoms with Gasteiger partial charge in [0.1, 0.15) is 0 Å². The van der Waals surface area contributed by atoms with Gasteiger partial charge in [-0.15, -0.1) is 0 Å². The number of nitrogens with two attached hydrogens (primary N) is 1. The lowest BCUT2D eigenvalue weighted by Crippen LogP contribution is -2.34. The van der Waals surface area contributed by atoms with Crippen molar-refractivity contribution in [3.05, 3.63) is 65.5 Å². The predicted molar refractivity (Wildman–Crippen MR) is 83.3 cm³/mol. The molecule has 1 unspecified atom stereocenters. The van der Waals surface area contributed by atoms with Gasteiger partial charge in [0, 0.05) is 25.3 Å². The molecule has 2 rings (SSSR count). The summed E-state index contributed by atoms with van der Waals surface area (Å²) < 4.78 is 0. The average Bonchev–Trinajstić information content (AvgIpc) is 2.49. The summed E-state index contributed by atoms with van der Waals surface area (Å²) in [4.78, 5) is 6.80. The van der Waals surface area contributed by atoms with E-state index in [1.165, 1.54) is 11.1 Å². The summed E-state index contributed by atoms with van der Waals surface area (Å²) in [6, 6.07) is 14.8. The largest absolute Gasteiger partial charge is 0.329 e. The molecule has 0 saturated carbocycles. The van der Waals surface area contributed by atoms with Crippen LogP contribution in [0.4, 0.5) is 0 Å².